The average Bonchev–Trinajstić information content (AvgIpc) is 2.41. The molecule has 0 unspecified atom stereocenters. The second kappa shape index (κ2) is 5.71. The van der Waals surface area contributed by atoms with E-state index in [1.807, 2.05) is 25.1 Å². The molecule has 0 aliphatic carbocycles. The van der Waals surface area contributed by atoms with Gasteiger partial charge in [0.15, 0.2) is 0 Å². The second-order valence-corrected chi connectivity index (χ2v) is 4.35. The Bertz CT molecular complexity index is 596. The predicted octanol–water partition coefficient (Wildman–Crippen LogP) is 4.43. The van der Waals surface area contributed by atoms with Gasteiger partial charge in [-0.25, -0.2) is 0 Å². The van der Waals surface area contributed by atoms with Gasteiger partial charge < -0.3 is 4.74 Å². The van der Waals surface area contributed by atoms with Crippen LogP contribution < -0.4 is 4.74 Å². The minimum absolute atomic E-state index is 0.0431. The van der Waals surface area contributed by atoms with Crippen LogP contribution in [0.2, 0.25) is 0 Å². The maximum atomic E-state index is 10.5. The first kappa shape index (κ1) is 13.4. The van der Waals surface area contributed by atoms with Gasteiger partial charge in [0, 0.05) is 18.0 Å². The Hall–Kier alpha value is -2.07. The van der Waals surface area contributed by atoms with Crippen molar-refractivity contribution in [3.63, 3.8) is 0 Å². The molecule has 0 aliphatic heterocycles. The number of rotatable bonds is 4. The van der Waals surface area contributed by atoms with Gasteiger partial charge in [0.1, 0.15) is 11.5 Å². The summed E-state index contributed by atoms with van der Waals surface area (Å²) in [7, 11) is 0. The van der Waals surface area contributed by atoms with E-state index < -0.39 is 4.92 Å². The highest BCUT2D eigenvalue weighted by Crippen LogP contribution is 2.27. The van der Waals surface area contributed by atoms with Crippen LogP contribution in [0, 0.1) is 17.0 Å². The van der Waals surface area contributed by atoms with Gasteiger partial charge in [-0.1, -0.05) is 12.1 Å². The molecule has 0 spiro atoms. The molecular formula is C14H12ClNO3. The summed E-state index contributed by atoms with van der Waals surface area (Å²) in [6.45, 7) is 1.93. The van der Waals surface area contributed by atoms with E-state index in [2.05, 4.69) is 0 Å². The summed E-state index contributed by atoms with van der Waals surface area (Å²) < 4.78 is 5.68. The molecule has 0 saturated carbocycles. The number of ether oxygens (including phenoxy) is 1. The molecule has 2 aromatic carbocycles. The van der Waals surface area contributed by atoms with Gasteiger partial charge in [-0.15, -0.1) is 11.6 Å². The van der Waals surface area contributed by atoms with Crippen molar-refractivity contribution in [3.8, 4) is 11.5 Å². The molecule has 0 N–H and O–H groups in total. The lowest BCUT2D eigenvalue weighted by Gasteiger charge is -2.09. The van der Waals surface area contributed by atoms with Crippen molar-refractivity contribution in [2.75, 3.05) is 0 Å². The molecule has 0 saturated heterocycles. The third kappa shape index (κ3) is 3.23. The smallest absolute Gasteiger partial charge is 0.269 e. The molecule has 0 bridgehead atoms. The first-order valence-corrected chi connectivity index (χ1v) is 6.21. The molecule has 0 heterocycles. The number of hydrogen-bond donors (Lipinski definition) is 0. The van der Waals surface area contributed by atoms with Gasteiger partial charge >= 0.3 is 0 Å². The molecule has 0 atom stereocenters. The molecule has 0 fully saturated rings. The van der Waals surface area contributed by atoms with Crippen LogP contribution >= 0.6 is 11.6 Å². The van der Waals surface area contributed by atoms with E-state index in [1.54, 1.807) is 12.1 Å². The third-order valence-electron chi connectivity index (χ3n) is 2.67. The topological polar surface area (TPSA) is 52.4 Å². The van der Waals surface area contributed by atoms with Crippen LogP contribution in [0.15, 0.2) is 42.5 Å². The zero-order chi connectivity index (χ0) is 13.8. The van der Waals surface area contributed by atoms with E-state index >= 15 is 0 Å². The van der Waals surface area contributed by atoms with Crippen molar-refractivity contribution < 1.29 is 9.66 Å². The van der Waals surface area contributed by atoms with Crippen LogP contribution in [0.3, 0.4) is 0 Å². The van der Waals surface area contributed by atoms with Gasteiger partial charge in [-0.3, -0.25) is 10.1 Å². The quantitative estimate of drug-likeness (QED) is 0.472. The summed E-state index contributed by atoms with van der Waals surface area (Å²) >= 11 is 5.75. The first-order chi connectivity index (χ1) is 9.10. The lowest BCUT2D eigenvalue weighted by atomic mass is 10.1. The number of nitro groups is 1. The molecule has 0 aromatic heterocycles. The SMILES string of the molecule is Cc1cc(CCl)ccc1Oc1ccc([N+](=O)[O-])cc1. The Kier molecular flexibility index (Phi) is 4.02. The van der Waals surface area contributed by atoms with Crippen molar-refractivity contribution in [3.05, 3.63) is 63.7 Å². The van der Waals surface area contributed by atoms with Crippen LogP contribution in [-0.2, 0) is 5.88 Å². The molecule has 19 heavy (non-hydrogen) atoms. The number of aryl methyl sites for hydroxylation is 1. The Balaban J connectivity index is 2.19. The molecular weight excluding hydrogens is 266 g/mol. The Morgan fingerprint density at radius 3 is 2.42 bits per heavy atom. The fourth-order valence-corrected chi connectivity index (χ4v) is 1.84. The predicted molar refractivity (Wildman–Crippen MR) is 73.9 cm³/mol. The lowest BCUT2D eigenvalue weighted by molar-refractivity contribution is -0.384. The van der Waals surface area contributed by atoms with E-state index in [0.717, 1.165) is 11.1 Å². The normalized spacial score (nSPS) is 10.2. The van der Waals surface area contributed by atoms with Gasteiger partial charge in [-0.2, -0.15) is 0 Å². The molecule has 2 rings (SSSR count). The van der Waals surface area contributed by atoms with Gasteiger partial charge in [-0.05, 0) is 36.2 Å². The summed E-state index contributed by atoms with van der Waals surface area (Å²) in [6, 6.07) is 11.7. The van der Waals surface area contributed by atoms with Gasteiger partial charge in [0.25, 0.3) is 5.69 Å². The Labute approximate surface area is 115 Å². The monoisotopic (exact) mass is 277 g/mol. The molecule has 5 heteroatoms. The number of benzene rings is 2. The number of alkyl halides is 1. The Morgan fingerprint density at radius 1 is 1.21 bits per heavy atom. The number of halogens is 1. The average molecular weight is 278 g/mol. The van der Waals surface area contributed by atoms with Crippen molar-refractivity contribution in [2.45, 2.75) is 12.8 Å². The van der Waals surface area contributed by atoms with Crippen LogP contribution in [-0.4, -0.2) is 4.92 Å². The molecule has 98 valence electrons. The number of hydrogen-bond acceptors (Lipinski definition) is 3. The summed E-state index contributed by atoms with van der Waals surface area (Å²) in [5.74, 6) is 1.73. The fraction of sp³-hybridized carbons (Fsp3) is 0.143. The maximum absolute atomic E-state index is 10.5. The highest BCUT2D eigenvalue weighted by atomic mass is 35.5. The second-order valence-electron chi connectivity index (χ2n) is 4.09. The lowest BCUT2D eigenvalue weighted by Crippen LogP contribution is -1.90. The van der Waals surface area contributed by atoms with Gasteiger partial charge in [0.05, 0.1) is 4.92 Å². The third-order valence-corrected chi connectivity index (χ3v) is 2.98. The molecule has 4 nitrogen and oxygen atoms in total. The molecule has 0 radical (unpaired) electrons. The zero-order valence-electron chi connectivity index (χ0n) is 10.3. The highest BCUT2D eigenvalue weighted by Gasteiger charge is 2.06. The summed E-state index contributed by atoms with van der Waals surface area (Å²) in [4.78, 5) is 10.1. The van der Waals surface area contributed by atoms with Crippen molar-refractivity contribution in [1.29, 1.82) is 0 Å². The van der Waals surface area contributed by atoms with E-state index in [9.17, 15) is 10.1 Å². The highest BCUT2D eigenvalue weighted by molar-refractivity contribution is 6.17. The van der Waals surface area contributed by atoms with E-state index in [-0.39, 0.29) is 5.69 Å². The molecule has 0 amide bonds. The van der Waals surface area contributed by atoms with Crippen LogP contribution in [0.1, 0.15) is 11.1 Å². The van der Waals surface area contributed by atoms with E-state index in [4.69, 9.17) is 16.3 Å². The molecule has 2 aromatic rings. The molecule has 0 aliphatic rings. The fourth-order valence-electron chi connectivity index (χ4n) is 1.67. The minimum Gasteiger partial charge on any atom is -0.457 e. The summed E-state index contributed by atoms with van der Waals surface area (Å²) in [5, 5.41) is 10.5. The Morgan fingerprint density at radius 2 is 1.89 bits per heavy atom. The van der Waals surface area contributed by atoms with E-state index in [0.29, 0.717) is 17.4 Å². The summed E-state index contributed by atoms with van der Waals surface area (Å²) in [6.07, 6.45) is 0. The minimum atomic E-state index is -0.440. The van der Waals surface area contributed by atoms with Crippen LogP contribution in [0.4, 0.5) is 5.69 Å². The van der Waals surface area contributed by atoms with E-state index in [1.165, 1.54) is 12.1 Å². The zero-order valence-corrected chi connectivity index (χ0v) is 11.1. The standard InChI is InChI=1S/C14H12ClNO3/c1-10-8-11(9-15)2-7-14(10)19-13-5-3-12(4-6-13)16(17)18/h2-8H,9H2,1H3. The van der Waals surface area contributed by atoms with Crippen molar-refractivity contribution in [2.24, 2.45) is 0 Å². The number of nitro benzene ring substituents is 1. The van der Waals surface area contributed by atoms with Crippen molar-refractivity contribution in [1.82, 2.24) is 0 Å². The first-order valence-electron chi connectivity index (χ1n) is 5.68. The maximum Gasteiger partial charge on any atom is 0.269 e. The summed E-state index contributed by atoms with van der Waals surface area (Å²) in [5.41, 5.74) is 2.04. The van der Waals surface area contributed by atoms with Gasteiger partial charge in [0.2, 0.25) is 0 Å². The van der Waals surface area contributed by atoms with Crippen LogP contribution in [0.25, 0.3) is 0 Å². The number of nitrogens with zero attached hydrogens (tertiary/aromatic N) is 1. The van der Waals surface area contributed by atoms with Crippen molar-refractivity contribution >= 4 is 17.3 Å². The van der Waals surface area contributed by atoms with Crippen LogP contribution in [0.5, 0.6) is 11.5 Å². The largest absolute Gasteiger partial charge is 0.457 e. The number of non-ortho nitro benzene ring substituents is 1.